The Kier molecular flexibility index (Phi) is 6.44. The number of carbonyl (C=O) groups is 1. The Balaban J connectivity index is 1.65. The highest BCUT2D eigenvalue weighted by molar-refractivity contribution is 5.83. The second-order valence-electron chi connectivity index (χ2n) is 8.84. The lowest BCUT2D eigenvalue weighted by molar-refractivity contribution is -0.122. The molecule has 0 aliphatic rings. The van der Waals surface area contributed by atoms with Gasteiger partial charge in [-0.15, -0.1) is 0 Å². The van der Waals surface area contributed by atoms with E-state index in [0.29, 0.717) is 12.2 Å². The van der Waals surface area contributed by atoms with Gasteiger partial charge in [0.2, 0.25) is 5.91 Å². The third kappa shape index (κ3) is 5.05. The van der Waals surface area contributed by atoms with Crippen molar-refractivity contribution in [1.82, 2.24) is 29.8 Å². The fraction of sp³-hybridized carbons (Fsp3) is 0.360. The summed E-state index contributed by atoms with van der Waals surface area (Å²) in [6.45, 7) is 6.23. The number of amides is 1. The van der Waals surface area contributed by atoms with Crippen LogP contribution < -0.4 is 10.2 Å². The van der Waals surface area contributed by atoms with E-state index in [2.05, 4.69) is 46.2 Å². The van der Waals surface area contributed by atoms with Gasteiger partial charge in [0.05, 0.1) is 11.7 Å². The van der Waals surface area contributed by atoms with Crippen molar-refractivity contribution < 1.29 is 4.79 Å². The molecule has 8 heteroatoms. The summed E-state index contributed by atoms with van der Waals surface area (Å²) in [7, 11) is 3.90. The van der Waals surface area contributed by atoms with Crippen LogP contribution in [0.2, 0.25) is 0 Å². The summed E-state index contributed by atoms with van der Waals surface area (Å²) in [6.07, 6.45) is 6.21. The average Bonchev–Trinajstić information content (AvgIpc) is 3.40. The standard InChI is InChI=1S/C25H31N7O/c1-16(2)25-26-10-11-32(25)15-24(33)30-21(22-13-23(31(4)5)29-17(3)28-22)12-18-14-27-20-9-7-6-8-19(18)20/h6-11,13-14,16,21,27H,12,15H2,1-5H3,(H,30,33). The highest BCUT2D eigenvalue weighted by Gasteiger charge is 2.21. The third-order valence-electron chi connectivity index (χ3n) is 5.67. The lowest BCUT2D eigenvalue weighted by Crippen LogP contribution is -2.34. The molecule has 4 aromatic rings. The van der Waals surface area contributed by atoms with Crippen LogP contribution in [0.3, 0.4) is 0 Å². The van der Waals surface area contributed by atoms with Crippen LogP contribution in [-0.2, 0) is 17.8 Å². The minimum absolute atomic E-state index is 0.0811. The molecule has 3 heterocycles. The van der Waals surface area contributed by atoms with Crippen molar-refractivity contribution in [2.45, 2.75) is 45.7 Å². The molecule has 1 amide bonds. The number of nitrogens with one attached hydrogen (secondary N) is 2. The smallest absolute Gasteiger partial charge is 0.240 e. The summed E-state index contributed by atoms with van der Waals surface area (Å²) >= 11 is 0. The van der Waals surface area contributed by atoms with E-state index in [4.69, 9.17) is 4.98 Å². The zero-order chi connectivity index (χ0) is 23.5. The molecule has 3 aromatic heterocycles. The van der Waals surface area contributed by atoms with E-state index in [1.54, 1.807) is 6.20 Å². The lowest BCUT2D eigenvalue weighted by atomic mass is 10.0. The summed E-state index contributed by atoms with van der Waals surface area (Å²) < 4.78 is 1.90. The van der Waals surface area contributed by atoms with E-state index < -0.39 is 0 Å². The van der Waals surface area contributed by atoms with Crippen molar-refractivity contribution in [3.63, 3.8) is 0 Å². The van der Waals surface area contributed by atoms with Crippen molar-refractivity contribution in [2.24, 2.45) is 0 Å². The number of aryl methyl sites for hydroxylation is 1. The maximum atomic E-state index is 13.1. The van der Waals surface area contributed by atoms with Crippen molar-refractivity contribution in [2.75, 3.05) is 19.0 Å². The Hall–Kier alpha value is -3.68. The van der Waals surface area contributed by atoms with Crippen LogP contribution in [0, 0.1) is 6.92 Å². The minimum Gasteiger partial charge on any atom is -0.363 e. The number of anilines is 1. The van der Waals surface area contributed by atoms with Gasteiger partial charge in [-0.2, -0.15) is 0 Å². The van der Waals surface area contributed by atoms with Gasteiger partial charge in [0.15, 0.2) is 0 Å². The number of nitrogens with zero attached hydrogens (tertiary/aromatic N) is 5. The van der Waals surface area contributed by atoms with Gasteiger partial charge in [0.25, 0.3) is 0 Å². The number of hydrogen-bond donors (Lipinski definition) is 2. The second-order valence-corrected chi connectivity index (χ2v) is 8.84. The number of imidazole rings is 1. The second kappa shape index (κ2) is 9.44. The van der Waals surface area contributed by atoms with Crippen LogP contribution in [0.25, 0.3) is 10.9 Å². The zero-order valence-corrected chi connectivity index (χ0v) is 19.8. The first-order valence-electron chi connectivity index (χ1n) is 11.2. The van der Waals surface area contributed by atoms with Crippen molar-refractivity contribution in [1.29, 1.82) is 0 Å². The van der Waals surface area contributed by atoms with E-state index in [-0.39, 0.29) is 24.4 Å². The summed E-state index contributed by atoms with van der Waals surface area (Å²) in [5.41, 5.74) is 2.99. The molecule has 4 rings (SSSR count). The van der Waals surface area contributed by atoms with Crippen LogP contribution in [0.4, 0.5) is 5.82 Å². The number of hydrogen-bond acceptors (Lipinski definition) is 5. The number of aromatic amines is 1. The van der Waals surface area contributed by atoms with Gasteiger partial charge < -0.3 is 19.8 Å². The van der Waals surface area contributed by atoms with E-state index >= 15 is 0 Å². The Bertz CT molecular complexity index is 1250. The van der Waals surface area contributed by atoms with E-state index in [0.717, 1.165) is 33.8 Å². The molecule has 0 radical (unpaired) electrons. The first-order valence-corrected chi connectivity index (χ1v) is 11.2. The molecule has 2 N–H and O–H groups in total. The number of benzene rings is 1. The average molecular weight is 446 g/mol. The van der Waals surface area contributed by atoms with Gasteiger partial charge in [-0.3, -0.25) is 4.79 Å². The Morgan fingerprint density at radius 2 is 2.00 bits per heavy atom. The van der Waals surface area contributed by atoms with E-state index in [9.17, 15) is 4.79 Å². The summed E-state index contributed by atoms with van der Waals surface area (Å²) in [4.78, 5) is 32.0. The third-order valence-corrected chi connectivity index (χ3v) is 5.67. The predicted octanol–water partition coefficient (Wildman–Crippen LogP) is 3.75. The molecule has 0 bridgehead atoms. The molecule has 33 heavy (non-hydrogen) atoms. The molecule has 1 unspecified atom stereocenters. The first kappa shape index (κ1) is 22.5. The largest absolute Gasteiger partial charge is 0.363 e. The van der Waals surface area contributed by atoms with Gasteiger partial charge in [-0.1, -0.05) is 32.0 Å². The first-order chi connectivity index (χ1) is 15.8. The lowest BCUT2D eigenvalue weighted by Gasteiger charge is -2.21. The van der Waals surface area contributed by atoms with Gasteiger partial charge in [-0.05, 0) is 18.6 Å². The van der Waals surface area contributed by atoms with Crippen LogP contribution in [0.15, 0.2) is 48.9 Å². The van der Waals surface area contributed by atoms with Crippen molar-refractivity contribution >= 4 is 22.6 Å². The van der Waals surface area contributed by atoms with Gasteiger partial charge in [-0.25, -0.2) is 15.0 Å². The van der Waals surface area contributed by atoms with Gasteiger partial charge in [0, 0.05) is 62.0 Å². The van der Waals surface area contributed by atoms with Crippen LogP contribution in [-0.4, -0.2) is 44.5 Å². The SMILES string of the molecule is Cc1nc(C(Cc2c[nH]c3ccccc23)NC(=O)Cn2ccnc2C(C)C)cc(N(C)C)n1. The molecule has 0 spiro atoms. The van der Waals surface area contributed by atoms with Crippen molar-refractivity contribution in [3.05, 3.63) is 71.8 Å². The highest BCUT2D eigenvalue weighted by atomic mass is 16.2. The molecular weight excluding hydrogens is 414 g/mol. The Morgan fingerprint density at radius 1 is 1.21 bits per heavy atom. The molecule has 0 aliphatic carbocycles. The number of aromatic nitrogens is 5. The van der Waals surface area contributed by atoms with E-state index in [1.165, 1.54) is 0 Å². The zero-order valence-electron chi connectivity index (χ0n) is 19.8. The number of para-hydroxylation sites is 1. The Labute approximate surface area is 194 Å². The molecule has 8 nitrogen and oxygen atoms in total. The topological polar surface area (TPSA) is 91.7 Å². The number of H-pyrrole nitrogens is 1. The summed E-state index contributed by atoms with van der Waals surface area (Å²) in [5, 5.41) is 4.37. The molecule has 0 saturated heterocycles. The molecule has 172 valence electrons. The molecule has 0 fully saturated rings. The maximum absolute atomic E-state index is 13.1. The van der Waals surface area contributed by atoms with Crippen LogP contribution in [0.5, 0.6) is 0 Å². The Morgan fingerprint density at radius 3 is 2.76 bits per heavy atom. The fourth-order valence-corrected chi connectivity index (χ4v) is 4.08. The molecule has 0 saturated carbocycles. The number of rotatable bonds is 8. The summed E-state index contributed by atoms with van der Waals surface area (Å²) in [6, 6.07) is 9.83. The summed E-state index contributed by atoms with van der Waals surface area (Å²) in [5.74, 6) is 2.54. The number of fused-ring (bicyclic) bond motifs is 1. The molecule has 1 aromatic carbocycles. The monoisotopic (exact) mass is 445 g/mol. The van der Waals surface area contributed by atoms with Crippen LogP contribution >= 0.6 is 0 Å². The van der Waals surface area contributed by atoms with Crippen molar-refractivity contribution in [3.8, 4) is 0 Å². The van der Waals surface area contributed by atoms with Crippen LogP contribution in [0.1, 0.15) is 48.7 Å². The molecule has 1 atom stereocenters. The normalized spacial score (nSPS) is 12.3. The highest BCUT2D eigenvalue weighted by Crippen LogP contribution is 2.25. The van der Waals surface area contributed by atoms with Gasteiger partial charge >= 0.3 is 0 Å². The molecular formula is C25H31N7O. The maximum Gasteiger partial charge on any atom is 0.240 e. The predicted molar refractivity (Wildman–Crippen MR) is 130 cm³/mol. The minimum atomic E-state index is -0.303. The van der Waals surface area contributed by atoms with Gasteiger partial charge in [0.1, 0.15) is 24.0 Å². The molecule has 0 aliphatic heterocycles. The fourth-order valence-electron chi connectivity index (χ4n) is 4.08. The number of carbonyl (C=O) groups excluding carboxylic acids is 1. The van der Waals surface area contributed by atoms with E-state index in [1.807, 2.05) is 61.1 Å². The quantitative estimate of drug-likeness (QED) is 0.431.